The van der Waals surface area contributed by atoms with Crippen LogP contribution in [0.5, 0.6) is 0 Å². The molecule has 4 aromatic rings. The molecular weight excluding hydrogens is 510 g/mol. The molecular formula is C26H24F6N6. The second kappa shape index (κ2) is 9.17. The number of hydrogen-bond donors (Lipinski definition) is 1. The summed E-state index contributed by atoms with van der Waals surface area (Å²) in [5.41, 5.74) is -0.246. The van der Waals surface area contributed by atoms with E-state index in [1.165, 1.54) is 17.6 Å². The van der Waals surface area contributed by atoms with Crippen molar-refractivity contribution in [1.29, 1.82) is 0 Å². The summed E-state index contributed by atoms with van der Waals surface area (Å²) >= 11 is 0. The molecule has 6 nitrogen and oxygen atoms in total. The Morgan fingerprint density at radius 3 is 2.50 bits per heavy atom. The lowest BCUT2D eigenvalue weighted by Crippen LogP contribution is -2.36. The molecule has 0 saturated carbocycles. The molecule has 2 atom stereocenters. The number of alkyl halides is 6. The molecule has 0 bridgehead atoms. The largest absolute Gasteiger partial charge is 0.434 e. The van der Waals surface area contributed by atoms with E-state index >= 15 is 0 Å². The van der Waals surface area contributed by atoms with Crippen LogP contribution in [-0.4, -0.2) is 26.3 Å². The third-order valence-corrected chi connectivity index (χ3v) is 7.00. The molecule has 1 aliphatic rings. The maximum atomic E-state index is 13.4. The van der Waals surface area contributed by atoms with Gasteiger partial charge in [0.25, 0.3) is 0 Å². The van der Waals surface area contributed by atoms with E-state index in [1.807, 2.05) is 23.1 Å². The lowest BCUT2D eigenvalue weighted by molar-refractivity contribution is -0.141. The van der Waals surface area contributed by atoms with Crippen molar-refractivity contribution in [2.45, 2.75) is 51.8 Å². The Bertz CT molecular complexity index is 1490. The number of nitrogens with zero attached hydrogens (tertiary/aromatic N) is 5. The first kappa shape index (κ1) is 25.8. The first-order valence-electron chi connectivity index (χ1n) is 11.9. The summed E-state index contributed by atoms with van der Waals surface area (Å²) in [6.07, 6.45) is -6.37. The number of rotatable bonds is 4. The summed E-state index contributed by atoms with van der Waals surface area (Å²) < 4.78 is 81.4. The van der Waals surface area contributed by atoms with Crippen molar-refractivity contribution in [2.75, 3.05) is 16.8 Å². The molecule has 2 unspecified atom stereocenters. The molecule has 1 aliphatic heterocycles. The highest BCUT2D eigenvalue weighted by atomic mass is 19.4. The van der Waals surface area contributed by atoms with Crippen LogP contribution in [0.1, 0.15) is 54.1 Å². The number of benzene rings is 2. The van der Waals surface area contributed by atoms with E-state index in [1.54, 1.807) is 26.1 Å². The van der Waals surface area contributed by atoms with Gasteiger partial charge in [-0.05, 0) is 50.1 Å². The quantitative estimate of drug-likeness (QED) is 0.288. The highest BCUT2D eigenvalue weighted by molar-refractivity contribution is 5.93. The Hall–Kier alpha value is -3.83. The Kier molecular flexibility index (Phi) is 6.23. The number of aromatic nitrogens is 4. The number of halogens is 6. The van der Waals surface area contributed by atoms with E-state index in [4.69, 9.17) is 0 Å². The highest BCUT2D eigenvalue weighted by Crippen LogP contribution is 2.38. The third-order valence-electron chi connectivity index (χ3n) is 7.00. The van der Waals surface area contributed by atoms with Gasteiger partial charge in [-0.2, -0.15) is 31.4 Å². The average molecular weight is 535 g/mol. The first-order valence-corrected chi connectivity index (χ1v) is 11.9. The Labute approximate surface area is 214 Å². The van der Waals surface area contributed by atoms with Crippen molar-refractivity contribution in [2.24, 2.45) is 0 Å². The third kappa shape index (κ3) is 4.63. The van der Waals surface area contributed by atoms with Crippen LogP contribution in [0.2, 0.25) is 0 Å². The van der Waals surface area contributed by atoms with Gasteiger partial charge in [0.15, 0.2) is 11.5 Å². The van der Waals surface area contributed by atoms with Crippen molar-refractivity contribution in [3.8, 4) is 0 Å². The fraction of sp³-hybridized carbons (Fsp3) is 0.346. The monoisotopic (exact) mass is 534 g/mol. The second-order valence-corrected chi connectivity index (χ2v) is 9.39. The molecule has 5 rings (SSSR count). The van der Waals surface area contributed by atoms with E-state index in [-0.39, 0.29) is 5.56 Å². The van der Waals surface area contributed by atoms with Gasteiger partial charge in [0.05, 0.1) is 23.8 Å². The van der Waals surface area contributed by atoms with Crippen LogP contribution in [0.4, 0.5) is 37.8 Å². The fourth-order valence-electron chi connectivity index (χ4n) is 5.04. The van der Waals surface area contributed by atoms with Gasteiger partial charge in [-0.3, -0.25) is 0 Å². The molecule has 200 valence electrons. The number of anilines is 2. The molecule has 0 amide bonds. The van der Waals surface area contributed by atoms with Crippen molar-refractivity contribution in [3.05, 3.63) is 77.0 Å². The molecule has 12 heteroatoms. The minimum Gasteiger partial charge on any atom is -0.362 e. The van der Waals surface area contributed by atoms with Gasteiger partial charge in [0, 0.05) is 35.7 Å². The summed E-state index contributed by atoms with van der Waals surface area (Å²) in [6.45, 7) is 5.79. The van der Waals surface area contributed by atoms with Crippen molar-refractivity contribution in [1.82, 2.24) is 19.7 Å². The molecule has 1 N–H and O–H groups in total. The molecule has 3 heterocycles. The minimum absolute atomic E-state index is 0.129. The van der Waals surface area contributed by atoms with Gasteiger partial charge in [-0.15, -0.1) is 5.10 Å². The smallest absolute Gasteiger partial charge is 0.362 e. The lowest BCUT2D eigenvalue weighted by atomic mass is 9.97. The standard InChI is InChI=1S/C26H24F6N6/c1-14-19(5-4-6-21(14)25(27,28)29)15(2)34-23-20-11-18(8-7-17(20)12-33-36-23)38-10-9-37-13-22(26(30,31)32)35-24(37)16(38)3/h4-8,11-13,15-16H,9-10H2,1-3H3,(H,34,36). The van der Waals surface area contributed by atoms with Gasteiger partial charge in [0.2, 0.25) is 0 Å². The van der Waals surface area contributed by atoms with Crippen LogP contribution < -0.4 is 10.2 Å². The van der Waals surface area contributed by atoms with Gasteiger partial charge in [-0.1, -0.05) is 18.2 Å². The summed E-state index contributed by atoms with van der Waals surface area (Å²) in [5, 5.41) is 12.9. The number of hydrogen-bond acceptors (Lipinski definition) is 5. The topological polar surface area (TPSA) is 58.9 Å². The SMILES string of the molecule is Cc1c(C(C)Nc2nncc3ccc(N4CCn5cc(C(F)(F)F)nc5C4C)cc23)cccc1C(F)(F)F. The molecule has 38 heavy (non-hydrogen) atoms. The highest BCUT2D eigenvalue weighted by Gasteiger charge is 2.37. The number of fused-ring (bicyclic) bond motifs is 2. The van der Waals surface area contributed by atoms with Gasteiger partial charge >= 0.3 is 12.4 Å². The molecule has 0 saturated heterocycles. The fourth-order valence-corrected chi connectivity index (χ4v) is 5.04. The van der Waals surface area contributed by atoms with Crippen molar-refractivity contribution < 1.29 is 26.3 Å². The average Bonchev–Trinajstić information content (AvgIpc) is 3.30. The molecule has 0 fully saturated rings. The maximum Gasteiger partial charge on any atom is 0.434 e. The Morgan fingerprint density at radius 2 is 1.79 bits per heavy atom. The molecule has 0 spiro atoms. The maximum absolute atomic E-state index is 13.4. The van der Waals surface area contributed by atoms with Crippen molar-refractivity contribution >= 4 is 22.3 Å². The van der Waals surface area contributed by atoms with Gasteiger partial charge in [0.1, 0.15) is 5.82 Å². The Balaban J connectivity index is 1.47. The normalized spacial score (nSPS) is 17.0. The number of nitrogens with one attached hydrogen (secondary N) is 1. The minimum atomic E-state index is -4.52. The van der Waals surface area contributed by atoms with E-state index in [0.717, 1.165) is 23.3 Å². The van der Waals surface area contributed by atoms with Crippen LogP contribution in [0.3, 0.4) is 0 Å². The van der Waals surface area contributed by atoms with E-state index in [0.29, 0.717) is 35.7 Å². The molecule has 0 radical (unpaired) electrons. The summed E-state index contributed by atoms with van der Waals surface area (Å²) in [4.78, 5) is 5.81. The zero-order valence-electron chi connectivity index (χ0n) is 20.7. The van der Waals surface area contributed by atoms with Crippen LogP contribution >= 0.6 is 0 Å². The summed E-state index contributed by atoms with van der Waals surface area (Å²) in [5.74, 6) is 0.711. The van der Waals surface area contributed by atoms with Gasteiger partial charge < -0.3 is 14.8 Å². The van der Waals surface area contributed by atoms with Crippen molar-refractivity contribution in [3.63, 3.8) is 0 Å². The zero-order valence-corrected chi connectivity index (χ0v) is 20.7. The first-order chi connectivity index (χ1) is 17.8. The van der Waals surface area contributed by atoms with Crippen LogP contribution in [0, 0.1) is 6.92 Å². The van der Waals surface area contributed by atoms with Crippen LogP contribution in [-0.2, 0) is 18.9 Å². The van der Waals surface area contributed by atoms with E-state index in [9.17, 15) is 26.3 Å². The van der Waals surface area contributed by atoms with E-state index in [2.05, 4.69) is 20.5 Å². The molecule has 2 aromatic carbocycles. The number of imidazole rings is 1. The van der Waals surface area contributed by atoms with Crippen LogP contribution in [0.15, 0.2) is 48.8 Å². The Morgan fingerprint density at radius 1 is 1.03 bits per heavy atom. The van der Waals surface area contributed by atoms with E-state index < -0.39 is 35.7 Å². The predicted molar refractivity (Wildman–Crippen MR) is 131 cm³/mol. The summed E-state index contributed by atoms with van der Waals surface area (Å²) in [7, 11) is 0. The summed E-state index contributed by atoms with van der Waals surface area (Å²) in [6, 6.07) is 8.68. The van der Waals surface area contributed by atoms with Crippen LogP contribution in [0.25, 0.3) is 10.8 Å². The molecule has 2 aromatic heterocycles. The second-order valence-electron chi connectivity index (χ2n) is 9.39. The predicted octanol–water partition coefficient (Wildman–Crippen LogP) is 6.93. The zero-order chi connectivity index (χ0) is 27.4. The molecule has 0 aliphatic carbocycles. The van der Waals surface area contributed by atoms with Gasteiger partial charge in [-0.25, -0.2) is 4.98 Å². The lowest BCUT2D eigenvalue weighted by Gasteiger charge is -2.35.